The molecule has 5 heteroatoms. The first-order valence-corrected chi connectivity index (χ1v) is 8.72. The van der Waals surface area contributed by atoms with E-state index in [-0.39, 0.29) is 17.8 Å². The number of likely N-dealkylation sites (tertiary alicyclic amines) is 1. The Labute approximate surface area is 154 Å². The van der Waals surface area contributed by atoms with Gasteiger partial charge in [-0.25, -0.2) is 0 Å². The smallest absolute Gasteiger partial charge is 0.310 e. The monoisotopic (exact) mass is 355 g/mol. The Hall–Kier alpha value is -2.53. The fraction of sp³-hybridized carbons (Fsp3) is 0.381. The lowest BCUT2D eigenvalue weighted by Gasteiger charge is -2.20. The van der Waals surface area contributed by atoms with E-state index in [1.54, 1.807) is 14.2 Å². The Kier molecular flexibility index (Phi) is 5.78. The molecule has 2 atom stereocenters. The highest BCUT2D eigenvalue weighted by atomic mass is 16.5. The fourth-order valence-electron chi connectivity index (χ4n) is 3.69. The number of methoxy groups -OCH3 is 3. The van der Waals surface area contributed by atoms with Crippen LogP contribution in [0.3, 0.4) is 0 Å². The SMILES string of the molecule is COC(=O)[C@H]1CN(Cc2ccccc2)C[C@@H]1c1ccc(OC)cc1OC. The molecule has 0 spiro atoms. The van der Waals surface area contributed by atoms with Crippen LogP contribution in [0.15, 0.2) is 48.5 Å². The third-order valence-electron chi connectivity index (χ3n) is 4.99. The van der Waals surface area contributed by atoms with E-state index in [9.17, 15) is 4.79 Å². The van der Waals surface area contributed by atoms with E-state index in [1.165, 1.54) is 12.7 Å². The van der Waals surface area contributed by atoms with Crippen molar-refractivity contribution in [2.24, 2.45) is 5.92 Å². The molecule has 2 aromatic carbocycles. The molecule has 1 aliphatic heterocycles. The second-order valence-corrected chi connectivity index (χ2v) is 6.52. The Morgan fingerprint density at radius 1 is 1.04 bits per heavy atom. The lowest BCUT2D eigenvalue weighted by Crippen LogP contribution is -2.24. The van der Waals surface area contributed by atoms with Crippen molar-refractivity contribution in [3.05, 3.63) is 59.7 Å². The lowest BCUT2D eigenvalue weighted by atomic mass is 9.88. The second-order valence-electron chi connectivity index (χ2n) is 6.52. The quantitative estimate of drug-likeness (QED) is 0.745. The summed E-state index contributed by atoms with van der Waals surface area (Å²) in [7, 11) is 4.72. The van der Waals surface area contributed by atoms with Crippen molar-refractivity contribution in [3.63, 3.8) is 0 Å². The molecule has 0 N–H and O–H groups in total. The summed E-state index contributed by atoms with van der Waals surface area (Å²) in [5.41, 5.74) is 2.25. The number of carbonyl (C=O) groups is 1. The number of carbonyl (C=O) groups excluding carboxylic acids is 1. The maximum atomic E-state index is 12.4. The van der Waals surface area contributed by atoms with Gasteiger partial charge in [0.2, 0.25) is 0 Å². The van der Waals surface area contributed by atoms with Crippen molar-refractivity contribution in [2.75, 3.05) is 34.4 Å². The van der Waals surface area contributed by atoms with E-state index in [0.717, 1.165) is 30.2 Å². The highest BCUT2D eigenvalue weighted by Gasteiger charge is 2.40. The zero-order valence-corrected chi connectivity index (χ0v) is 15.5. The molecule has 138 valence electrons. The lowest BCUT2D eigenvalue weighted by molar-refractivity contribution is -0.145. The summed E-state index contributed by atoms with van der Waals surface area (Å²) in [4.78, 5) is 14.7. The summed E-state index contributed by atoms with van der Waals surface area (Å²) in [5.74, 6) is 1.10. The molecule has 0 unspecified atom stereocenters. The molecule has 1 heterocycles. The Bertz CT molecular complexity index is 747. The van der Waals surface area contributed by atoms with Gasteiger partial charge in [0.05, 0.1) is 27.2 Å². The second kappa shape index (κ2) is 8.23. The summed E-state index contributed by atoms with van der Waals surface area (Å²) in [5, 5.41) is 0. The largest absolute Gasteiger partial charge is 0.497 e. The van der Waals surface area contributed by atoms with E-state index in [2.05, 4.69) is 17.0 Å². The molecule has 5 nitrogen and oxygen atoms in total. The van der Waals surface area contributed by atoms with Crippen molar-refractivity contribution in [1.29, 1.82) is 0 Å². The van der Waals surface area contributed by atoms with E-state index in [4.69, 9.17) is 14.2 Å². The predicted octanol–water partition coefficient (Wildman–Crippen LogP) is 3.09. The van der Waals surface area contributed by atoms with Crippen molar-refractivity contribution < 1.29 is 19.0 Å². The van der Waals surface area contributed by atoms with Gasteiger partial charge >= 0.3 is 5.97 Å². The van der Waals surface area contributed by atoms with Gasteiger partial charge in [-0.1, -0.05) is 36.4 Å². The van der Waals surface area contributed by atoms with E-state index < -0.39 is 0 Å². The van der Waals surface area contributed by atoms with Gasteiger partial charge in [-0.15, -0.1) is 0 Å². The van der Waals surface area contributed by atoms with Crippen LogP contribution in [0.4, 0.5) is 0 Å². The minimum atomic E-state index is -0.217. The average molecular weight is 355 g/mol. The van der Waals surface area contributed by atoms with Gasteiger partial charge in [0.15, 0.2) is 0 Å². The summed E-state index contributed by atoms with van der Waals surface area (Å²) in [6, 6.07) is 16.1. The first-order chi connectivity index (χ1) is 12.7. The molecule has 1 fully saturated rings. The van der Waals surface area contributed by atoms with Crippen LogP contribution in [0.25, 0.3) is 0 Å². The molecule has 3 rings (SSSR count). The molecule has 0 aliphatic carbocycles. The summed E-state index contributed by atoms with van der Waals surface area (Å²) in [6.45, 7) is 2.25. The molecular formula is C21H25NO4. The predicted molar refractivity (Wildman–Crippen MR) is 99.5 cm³/mol. The highest BCUT2D eigenvalue weighted by Crippen LogP contribution is 2.40. The molecule has 0 saturated carbocycles. The van der Waals surface area contributed by atoms with Gasteiger partial charge in [0.1, 0.15) is 11.5 Å². The van der Waals surface area contributed by atoms with E-state index >= 15 is 0 Å². The standard InChI is InChI=1S/C21H25NO4/c1-24-16-9-10-17(20(11-16)25-2)18-13-22(14-19(18)21(23)26-3)12-15-7-5-4-6-8-15/h4-11,18-19H,12-14H2,1-3H3/t18-,19+/m1/s1. The number of esters is 1. The van der Waals surface area contributed by atoms with Crippen LogP contribution in [0.5, 0.6) is 11.5 Å². The van der Waals surface area contributed by atoms with Gasteiger partial charge in [-0.05, 0) is 17.2 Å². The van der Waals surface area contributed by atoms with E-state index in [0.29, 0.717) is 6.54 Å². The third kappa shape index (κ3) is 3.83. The van der Waals surface area contributed by atoms with Crippen LogP contribution < -0.4 is 9.47 Å². The number of rotatable bonds is 6. The van der Waals surface area contributed by atoms with Gasteiger partial charge in [-0.2, -0.15) is 0 Å². The van der Waals surface area contributed by atoms with Crippen LogP contribution in [0, 0.1) is 5.92 Å². The van der Waals surface area contributed by atoms with Crippen molar-refractivity contribution in [1.82, 2.24) is 4.90 Å². The molecule has 2 aromatic rings. The molecule has 0 radical (unpaired) electrons. The minimum absolute atomic E-state index is 0.0204. The van der Waals surface area contributed by atoms with Crippen LogP contribution in [0.1, 0.15) is 17.0 Å². The number of hydrogen-bond donors (Lipinski definition) is 0. The van der Waals surface area contributed by atoms with Crippen molar-refractivity contribution >= 4 is 5.97 Å². The normalized spacial score (nSPS) is 20.0. The molecular weight excluding hydrogens is 330 g/mol. The number of ether oxygens (including phenoxy) is 3. The first kappa shape index (κ1) is 18.3. The Morgan fingerprint density at radius 3 is 2.46 bits per heavy atom. The number of benzene rings is 2. The van der Waals surface area contributed by atoms with Gasteiger partial charge in [-0.3, -0.25) is 9.69 Å². The zero-order chi connectivity index (χ0) is 18.5. The van der Waals surface area contributed by atoms with E-state index in [1.807, 2.05) is 36.4 Å². The molecule has 1 saturated heterocycles. The Morgan fingerprint density at radius 2 is 1.81 bits per heavy atom. The van der Waals surface area contributed by atoms with Crippen LogP contribution in [-0.4, -0.2) is 45.3 Å². The topological polar surface area (TPSA) is 48.0 Å². The van der Waals surface area contributed by atoms with Gasteiger partial charge < -0.3 is 14.2 Å². The summed E-state index contributed by atoms with van der Waals surface area (Å²) >= 11 is 0. The molecule has 0 amide bonds. The third-order valence-corrected chi connectivity index (χ3v) is 4.99. The van der Waals surface area contributed by atoms with Crippen molar-refractivity contribution in [2.45, 2.75) is 12.5 Å². The van der Waals surface area contributed by atoms with Gasteiger partial charge in [0.25, 0.3) is 0 Å². The molecule has 0 bridgehead atoms. The summed E-state index contributed by atoms with van der Waals surface area (Å²) < 4.78 is 15.9. The molecule has 0 aromatic heterocycles. The maximum absolute atomic E-state index is 12.4. The average Bonchev–Trinajstić information content (AvgIpc) is 3.11. The van der Waals surface area contributed by atoms with Gasteiger partial charge in [0, 0.05) is 31.6 Å². The molecule has 1 aliphatic rings. The highest BCUT2D eigenvalue weighted by molar-refractivity contribution is 5.75. The zero-order valence-electron chi connectivity index (χ0n) is 15.5. The van der Waals surface area contributed by atoms with Crippen LogP contribution in [-0.2, 0) is 16.1 Å². The minimum Gasteiger partial charge on any atom is -0.497 e. The molecule has 26 heavy (non-hydrogen) atoms. The first-order valence-electron chi connectivity index (χ1n) is 8.72. The number of hydrogen-bond acceptors (Lipinski definition) is 5. The van der Waals surface area contributed by atoms with Crippen LogP contribution in [0.2, 0.25) is 0 Å². The fourth-order valence-corrected chi connectivity index (χ4v) is 3.69. The van der Waals surface area contributed by atoms with Crippen molar-refractivity contribution in [3.8, 4) is 11.5 Å². The summed E-state index contributed by atoms with van der Waals surface area (Å²) in [6.07, 6.45) is 0. The van der Waals surface area contributed by atoms with Crippen LogP contribution >= 0.6 is 0 Å². The maximum Gasteiger partial charge on any atom is 0.310 e. The Balaban J connectivity index is 1.87. The number of nitrogens with zero attached hydrogens (tertiary/aromatic N) is 1.